The Morgan fingerprint density at radius 1 is 1.31 bits per heavy atom. The van der Waals surface area contributed by atoms with E-state index in [0.29, 0.717) is 47.5 Å². The van der Waals surface area contributed by atoms with Gasteiger partial charge < -0.3 is 14.1 Å². The van der Waals surface area contributed by atoms with Gasteiger partial charge >= 0.3 is 0 Å². The monoisotopic (exact) mass is 373 g/mol. The molecule has 7 heteroatoms. The van der Waals surface area contributed by atoms with Crippen molar-refractivity contribution in [1.29, 1.82) is 0 Å². The van der Waals surface area contributed by atoms with Gasteiger partial charge in [0.1, 0.15) is 17.2 Å². The molecule has 1 aromatic carbocycles. The molecule has 1 amide bonds. The summed E-state index contributed by atoms with van der Waals surface area (Å²) in [6.45, 7) is 2.88. The third-order valence-corrected chi connectivity index (χ3v) is 4.19. The van der Waals surface area contributed by atoms with Gasteiger partial charge in [-0.15, -0.1) is 0 Å². The van der Waals surface area contributed by atoms with Crippen molar-refractivity contribution in [3.05, 3.63) is 58.9 Å². The number of hydrogen-bond acceptors (Lipinski definition) is 4. The van der Waals surface area contributed by atoms with Gasteiger partial charge in [0.25, 0.3) is 5.91 Å². The van der Waals surface area contributed by atoms with Crippen LogP contribution in [-0.4, -0.2) is 41.2 Å². The Morgan fingerprint density at radius 3 is 2.85 bits per heavy atom. The van der Waals surface area contributed by atoms with Gasteiger partial charge in [-0.25, -0.2) is 0 Å². The maximum atomic E-state index is 12.5. The molecule has 0 saturated carbocycles. The molecule has 0 unspecified atom stereocenters. The number of aromatic nitrogens is 2. The smallest absolute Gasteiger partial charge is 0.274 e. The topological polar surface area (TPSA) is 71.4 Å². The Kier molecular flexibility index (Phi) is 5.63. The Hall–Kier alpha value is -2.73. The van der Waals surface area contributed by atoms with E-state index < -0.39 is 0 Å². The molecule has 2 aromatic heterocycles. The summed E-state index contributed by atoms with van der Waals surface area (Å²) in [4.78, 5) is 14.1. The predicted molar refractivity (Wildman–Crippen MR) is 99.6 cm³/mol. The lowest BCUT2D eigenvalue weighted by atomic mass is 10.2. The number of hydrogen-bond donors (Lipinski definition) is 1. The van der Waals surface area contributed by atoms with Crippen LogP contribution in [0.25, 0.3) is 11.5 Å². The van der Waals surface area contributed by atoms with E-state index in [1.807, 2.05) is 37.3 Å². The van der Waals surface area contributed by atoms with E-state index >= 15 is 0 Å². The number of rotatable bonds is 7. The van der Waals surface area contributed by atoms with Crippen molar-refractivity contribution in [2.75, 3.05) is 20.2 Å². The molecule has 0 aliphatic rings. The number of para-hydroxylation sites is 1. The van der Waals surface area contributed by atoms with E-state index in [4.69, 9.17) is 20.8 Å². The van der Waals surface area contributed by atoms with Gasteiger partial charge in [-0.2, -0.15) is 5.10 Å². The molecule has 0 saturated heterocycles. The minimum atomic E-state index is -0.159. The Balaban J connectivity index is 1.50. The van der Waals surface area contributed by atoms with Crippen LogP contribution in [0.1, 0.15) is 22.7 Å². The van der Waals surface area contributed by atoms with Crippen LogP contribution in [0.3, 0.4) is 0 Å². The highest BCUT2D eigenvalue weighted by Gasteiger charge is 2.16. The van der Waals surface area contributed by atoms with Crippen molar-refractivity contribution >= 4 is 17.5 Å². The van der Waals surface area contributed by atoms with Crippen LogP contribution < -0.4 is 4.74 Å². The maximum Gasteiger partial charge on any atom is 0.274 e. The van der Waals surface area contributed by atoms with Crippen LogP contribution in [0.4, 0.5) is 0 Å². The van der Waals surface area contributed by atoms with E-state index in [-0.39, 0.29) is 5.91 Å². The highest BCUT2D eigenvalue weighted by atomic mass is 35.5. The average Bonchev–Trinajstić information content (AvgIpc) is 3.28. The molecule has 3 aromatic rings. The summed E-state index contributed by atoms with van der Waals surface area (Å²) in [6.07, 6.45) is 0.683. The zero-order chi connectivity index (χ0) is 18.5. The average molecular weight is 374 g/mol. The molecule has 0 aliphatic carbocycles. The van der Waals surface area contributed by atoms with Crippen molar-refractivity contribution in [2.45, 2.75) is 13.3 Å². The summed E-state index contributed by atoms with van der Waals surface area (Å²) < 4.78 is 11.2. The molecule has 0 spiro atoms. The number of nitrogens with zero attached hydrogens (tertiary/aromatic N) is 2. The summed E-state index contributed by atoms with van der Waals surface area (Å²) >= 11 is 6.04. The molecular formula is C19H20ClN3O3. The predicted octanol–water partition coefficient (Wildman–Crippen LogP) is 4.17. The van der Waals surface area contributed by atoms with Crippen molar-refractivity contribution < 1.29 is 13.9 Å². The number of aryl methyl sites for hydroxylation is 1. The molecule has 1 N–H and O–H groups in total. The fourth-order valence-corrected chi connectivity index (χ4v) is 2.67. The molecule has 3 rings (SSSR count). The van der Waals surface area contributed by atoms with Crippen molar-refractivity contribution in [2.24, 2.45) is 0 Å². The first-order valence-corrected chi connectivity index (χ1v) is 8.67. The fraction of sp³-hybridized carbons (Fsp3) is 0.263. The molecule has 0 bridgehead atoms. The Bertz CT molecular complexity index is 888. The van der Waals surface area contributed by atoms with E-state index in [9.17, 15) is 4.79 Å². The molecule has 136 valence electrons. The second kappa shape index (κ2) is 8.10. The largest absolute Gasteiger partial charge is 0.492 e. The van der Waals surface area contributed by atoms with Crippen LogP contribution in [0.5, 0.6) is 5.75 Å². The first-order chi connectivity index (χ1) is 12.5. The van der Waals surface area contributed by atoms with Crippen molar-refractivity contribution in [1.82, 2.24) is 15.1 Å². The molecule has 0 fully saturated rings. The van der Waals surface area contributed by atoms with Crippen LogP contribution in [0, 0.1) is 6.92 Å². The van der Waals surface area contributed by atoms with Gasteiger partial charge in [-0.3, -0.25) is 9.89 Å². The summed E-state index contributed by atoms with van der Waals surface area (Å²) in [5, 5.41) is 7.50. The van der Waals surface area contributed by atoms with Crippen LogP contribution in [0.2, 0.25) is 5.02 Å². The molecule has 0 aliphatic heterocycles. The van der Waals surface area contributed by atoms with Gasteiger partial charge in [-0.05, 0) is 37.6 Å². The minimum absolute atomic E-state index is 0.159. The summed E-state index contributed by atoms with van der Waals surface area (Å²) in [6, 6.07) is 12.7. The number of halogens is 1. The Morgan fingerprint density at radius 2 is 2.12 bits per heavy atom. The highest BCUT2D eigenvalue weighted by molar-refractivity contribution is 6.32. The maximum absolute atomic E-state index is 12.5. The second-order valence-electron chi connectivity index (χ2n) is 5.94. The van der Waals surface area contributed by atoms with Crippen molar-refractivity contribution in [3.8, 4) is 17.2 Å². The number of ether oxygens (including phenoxy) is 1. The van der Waals surface area contributed by atoms with Gasteiger partial charge in [0.2, 0.25) is 0 Å². The zero-order valence-corrected chi connectivity index (χ0v) is 15.4. The highest BCUT2D eigenvalue weighted by Crippen LogP contribution is 2.23. The van der Waals surface area contributed by atoms with E-state index in [1.54, 1.807) is 24.1 Å². The lowest BCUT2D eigenvalue weighted by Crippen LogP contribution is -2.29. The molecular weight excluding hydrogens is 354 g/mol. The number of H-pyrrole nitrogens is 1. The zero-order valence-electron chi connectivity index (χ0n) is 14.7. The number of amides is 1. The minimum Gasteiger partial charge on any atom is -0.492 e. The molecule has 6 nitrogen and oxygen atoms in total. The number of carbonyl (C=O) groups is 1. The van der Waals surface area contributed by atoms with Crippen LogP contribution in [-0.2, 0) is 0 Å². The molecule has 0 atom stereocenters. The lowest BCUT2D eigenvalue weighted by molar-refractivity contribution is 0.0782. The van der Waals surface area contributed by atoms with Gasteiger partial charge in [0.05, 0.1) is 11.6 Å². The van der Waals surface area contributed by atoms with Gasteiger partial charge in [-0.1, -0.05) is 23.7 Å². The SMILES string of the molecule is Cc1ccc(-c2cc(C(=O)N(C)CCCOc3ccccc3Cl)n[nH]2)o1. The standard InChI is InChI=1S/C19H20ClN3O3/c1-13-8-9-18(26-13)15-12-16(22-21-15)19(24)23(2)10-5-11-25-17-7-4-3-6-14(17)20/h3-4,6-9,12H,5,10-11H2,1-2H3,(H,21,22). The van der Waals surface area contributed by atoms with Crippen LogP contribution >= 0.6 is 11.6 Å². The van der Waals surface area contributed by atoms with E-state index in [0.717, 1.165) is 5.76 Å². The third-order valence-electron chi connectivity index (χ3n) is 3.88. The second-order valence-corrected chi connectivity index (χ2v) is 6.34. The fourth-order valence-electron chi connectivity index (χ4n) is 2.48. The number of benzene rings is 1. The van der Waals surface area contributed by atoms with E-state index in [1.165, 1.54) is 0 Å². The van der Waals surface area contributed by atoms with Crippen molar-refractivity contribution in [3.63, 3.8) is 0 Å². The summed E-state index contributed by atoms with van der Waals surface area (Å²) in [5.74, 6) is 1.95. The third kappa shape index (κ3) is 4.26. The van der Waals surface area contributed by atoms with E-state index in [2.05, 4.69) is 10.2 Å². The number of carbonyl (C=O) groups excluding carboxylic acids is 1. The molecule has 2 heterocycles. The summed E-state index contributed by atoms with van der Waals surface area (Å²) in [5.41, 5.74) is 1.03. The number of nitrogens with one attached hydrogen (secondary N) is 1. The lowest BCUT2D eigenvalue weighted by Gasteiger charge is -2.16. The summed E-state index contributed by atoms with van der Waals surface area (Å²) in [7, 11) is 1.74. The first kappa shape index (κ1) is 18.1. The molecule has 0 radical (unpaired) electrons. The molecule has 26 heavy (non-hydrogen) atoms. The van der Waals surface area contributed by atoms with Gasteiger partial charge in [0, 0.05) is 19.7 Å². The number of aromatic amines is 1. The normalized spacial score (nSPS) is 10.7. The number of furan rings is 1. The Labute approximate surface area is 156 Å². The first-order valence-electron chi connectivity index (χ1n) is 8.29. The van der Waals surface area contributed by atoms with Crippen LogP contribution in [0.15, 0.2) is 46.9 Å². The van der Waals surface area contributed by atoms with Gasteiger partial charge in [0.15, 0.2) is 11.5 Å². The quantitative estimate of drug-likeness (QED) is 0.631.